The van der Waals surface area contributed by atoms with Gasteiger partial charge >= 0.3 is 7.82 Å². The van der Waals surface area contributed by atoms with Crippen molar-refractivity contribution in [1.29, 1.82) is 0 Å². The second-order valence-corrected chi connectivity index (χ2v) is 8.74. The third-order valence-corrected chi connectivity index (χ3v) is 5.34. The summed E-state index contributed by atoms with van der Waals surface area (Å²) in [7, 11) is -4.68. The number of hydrogen-bond donors (Lipinski definition) is 4. The maximum absolute atomic E-state index is 12.3. The lowest BCUT2D eigenvalue weighted by molar-refractivity contribution is 0.0867. The molecule has 0 aliphatic carbocycles. The average Bonchev–Trinajstić information content (AvgIpc) is 2.78. The molecule has 4 N–H and O–H groups in total. The van der Waals surface area contributed by atoms with Gasteiger partial charge in [0.05, 0.1) is 25.9 Å². The van der Waals surface area contributed by atoms with Crippen molar-refractivity contribution in [3.8, 4) is 16.9 Å². The monoisotopic (exact) mass is 465 g/mol. The largest absolute Gasteiger partial charge is 0.494 e. The van der Waals surface area contributed by atoms with Crippen LogP contribution in [0.3, 0.4) is 0 Å². The number of phosphoric acid groups is 1. The minimum Gasteiger partial charge on any atom is -0.494 e. The van der Waals surface area contributed by atoms with Gasteiger partial charge < -0.3 is 24.9 Å². The Labute approximate surface area is 188 Å². The van der Waals surface area contributed by atoms with Crippen LogP contribution < -0.4 is 10.1 Å². The van der Waals surface area contributed by atoms with E-state index in [2.05, 4.69) is 16.8 Å². The Kier molecular flexibility index (Phi) is 10.9. The quantitative estimate of drug-likeness (QED) is 0.246. The van der Waals surface area contributed by atoms with Gasteiger partial charge in [0.1, 0.15) is 5.75 Å². The zero-order valence-corrected chi connectivity index (χ0v) is 19.2. The first-order valence-corrected chi connectivity index (χ1v) is 12.3. The zero-order chi connectivity index (χ0) is 23.4. The van der Waals surface area contributed by atoms with Crippen molar-refractivity contribution in [3.63, 3.8) is 0 Å². The second kappa shape index (κ2) is 13.4. The van der Waals surface area contributed by atoms with E-state index in [0.29, 0.717) is 12.2 Å². The number of amides is 1. The molecule has 0 aliphatic heterocycles. The normalized spacial score (nSPS) is 12.4. The van der Waals surface area contributed by atoms with Gasteiger partial charge in [-0.25, -0.2) is 4.57 Å². The topological polar surface area (TPSA) is 125 Å². The Hall–Kier alpha value is -2.22. The first-order valence-electron chi connectivity index (χ1n) is 10.8. The Morgan fingerprint density at radius 2 is 1.56 bits per heavy atom. The van der Waals surface area contributed by atoms with Crippen LogP contribution in [0.4, 0.5) is 0 Å². The lowest BCUT2D eigenvalue weighted by Crippen LogP contribution is -2.40. The van der Waals surface area contributed by atoms with Gasteiger partial charge in [-0.1, -0.05) is 56.9 Å². The molecule has 2 rings (SSSR count). The highest BCUT2D eigenvalue weighted by Crippen LogP contribution is 2.35. The van der Waals surface area contributed by atoms with Crippen molar-refractivity contribution in [3.05, 3.63) is 54.1 Å². The molecule has 1 amide bonds. The number of carbonyl (C=O) groups excluding carboxylic acids is 1. The Balaban J connectivity index is 1.87. The standard InChI is InChI=1S/C23H32NO7P/c1-2-3-4-5-6-15-30-22-13-11-19(12-14-22)18-7-9-20(10-8-18)23(26)24-21(16-25)17-31-32(27,28)29/h7-14,21,25H,2-6,15-17H2,1H3,(H,24,26)(H2,27,28,29)/t21-/m1/s1. The van der Waals surface area contributed by atoms with Gasteiger partial charge in [0.2, 0.25) is 0 Å². The van der Waals surface area contributed by atoms with Crippen molar-refractivity contribution in [2.45, 2.75) is 45.1 Å². The smallest absolute Gasteiger partial charge is 0.469 e. The van der Waals surface area contributed by atoms with Crippen molar-refractivity contribution in [2.75, 3.05) is 19.8 Å². The molecular formula is C23H32NO7P. The predicted octanol–water partition coefficient (Wildman–Crippen LogP) is 3.90. The van der Waals surface area contributed by atoms with E-state index < -0.39 is 33.0 Å². The molecule has 0 heterocycles. The molecular weight excluding hydrogens is 433 g/mol. The van der Waals surface area contributed by atoms with Crippen molar-refractivity contribution >= 4 is 13.7 Å². The number of unbranched alkanes of at least 4 members (excludes halogenated alkanes) is 4. The van der Waals surface area contributed by atoms with Crippen molar-refractivity contribution in [1.82, 2.24) is 5.32 Å². The Morgan fingerprint density at radius 3 is 2.12 bits per heavy atom. The molecule has 0 fully saturated rings. The summed E-state index contributed by atoms with van der Waals surface area (Å²) in [6, 6.07) is 13.7. The van der Waals surface area contributed by atoms with E-state index >= 15 is 0 Å². The molecule has 8 nitrogen and oxygen atoms in total. The summed E-state index contributed by atoms with van der Waals surface area (Å²) in [5.41, 5.74) is 2.26. The van der Waals surface area contributed by atoms with Gasteiger partial charge in [0.25, 0.3) is 5.91 Å². The van der Waals surface area contributed by atoms with E-state index in [0.717, 1.165) is 23.3 Å². The van der Waals surface area contributed by atoms with E-state index in [1.807, 2.05) is 24.3 Å². The summed E-state index contributed by atoms with van der Waals surface area (Å²) >= 11 is 0. The third-order valence-electron chi connectivity index (χ3n) is 4.85. The number of carbonyl (C=O) groups is 1. The number of phosphoric ester groups is 1. The SMILES string of the molecule is CCCCCCCOc1ccc(-c2ccc(C(=O)N[C@H](CO)COP(=O)(O)O)cc2)cc1. The first-order chi connectivity index (χ1) is 15.3. The molecule has 1 atom stereocenters. The maximum Gasteiger partial charge on any atom is 0.469 e. The maximum atomic E-state index is 12.3. The summed E-state index contributed by atoms with van der Waals surface area (Å²) in [5, 5.41) is 11.8. The fourth-order valence-corrected chi connectivity index (χ4v) is 3.42. The number of ether oxygens (including phenoxy) is 1. The van der Waals surface area contributed by atoms with Gasteiger partial charge in [0, 0.05) is 5.56 Å². The number of rotatable bonds is 14. The predicted molar refractivity (Wildman–Crippen MR) is 122 cm³/mol. The summed E-state index contributed by atoms with van der Waals surface area (Å²) in [6.45, 7) is 1.89. The number of nitrogens with one attached hydrogen (secondary N) is 1. The van der Waals surface area contributed by atoms with Gasteiger partial charge in [-0.2, -0.15) is 0 Å². The van der Waals surface area contributed by atoms with Crippen LogP contribution in [0.5, 0.6) is 5.75 Å². The zero-order valence-electron chi connectivity index (χ0n) is 18.3. The molecule has 2 aromatic rings. The van der Waals surface area contributed by atoms with Crippen LogP contribution in [-0.2, 0) is 9.09 Å². The van der Waals surface area contributed by atoms with E-state index in [9.17, 15) is 14.5 Å². The number of aliphatic hydroxyl groups is 1. The Bertz CT molecular complexity index is 865. The van der Waals surface area contributed by atoms with Gasteiger partial charge in [0.15, 0.2) is 0 Å². The Morgan fingerprint density at radius 1 is 0.969 bits per heavy atom. The summed E-state index contributed by atoms with van der Waals surface area (Å²) < 4.78 is 20.9. The van der Waals surface area contributed by atoms with Crippen LogP contribution in [0.1, 0.15) is 49.4 Å². The van der Waals surface area contributed by atoms with Crippen molar-refractivity contribution in [2.24, 2.45) is 0 Å². The van der Waals surface area contributed by atoms with Crippen LogP contribution >= 0.6 is 7.82 Å². The fraction of sp³-hybridized carbons (Fsp3) is 0.435. The van der Waals surface area contributed by atoms with Crippen LogP contribution in [0.15, 0.2) is 48.5 Å². The van der Waals surface area contributed by atoms with Crippen LogP contribution in [0.25, 0.3) is 11.1 Å². The lowest BCUT2D eigenvalue weighted by atomic mass is 10.0. The molecule has 0 saturated heterocycles. The highest BCUT2D eigenvalue weighted by molar-refractivity contribution is 7.46. The molecule has 0 saturated carbocycles. The fourth-order valence-electron chi connectivity index (χ4n) is 3.05. The van der Waals surface area contributed by atoms with E-state index in [1.54, 1.807) is 24.3 Å². The summed E-state index contributed by atoms with van der Waals surface area (Å²) in [6.07, 6.45) is 5.97. The number of hydrogen-bond acceptors (Lipinski definition) is 5. The van der Waals surface area contributed by atoms with Gasteiger partial charge in [-0.3, -0.25) is 9.32 Å². The van der Waals surface area contributed by atoms with Crippen LogP contribution in [0, 0.1) is 0 Å². The third kappa shape index (κ3) is 9.51. The van der Waals surface area contributed by atoms with Crippen molar-refractivity contribution < 1.29 is 33.5 Å². The molecule has 9 heteroatoms. The molecule has 176 valence electrons. The van der Waals surface area contributed by atoms with Crippen LogP contribution in [0.2, 0.25) is 0 Å². The minimum atomic E-state index is -4.68. The first kappa shape index (κ1) is 26.0. The van der Waals surface area contributed by atoms with E-state index in [4.69, 9.17) is 14.5 Å². The number of aliphatic hydroxyl groups excluding tert-OH is 1. The van der Waals surface area contributed by atoms with Crippen LogP contribution in [-0.4, -0.2) is 46.7 Å². The molecule has 0 spiro atoms. The molecule has 0 radical (unpaired) electrons. The van der Waals surface area contributed by atoms with Gasteiger partial charge in [-0.15, -0.1) is 0 Å². The van der Waals surface area contributed by atoms with E-state index in [-0.39, 0.29) is 0 Å². The molecule has 0 unspecified atom stereocenters. The number of benzene rings is 2. The van der Waals surface area contributed by atoms with E-state index in [1.165, 1.54) is 25.7 Å². The minimum absolute atomic E-state index is 0.353. The highest BCUT2D eigenvalue weighted by Gasteiger charge is 2.19. The summed E-state index contributed by atoms with van der Waals surface area (Å²) in [5.74, 6) is 0.348. The second-order valence-electron chi connectivity index (χ2n) is 7.50. The molecule has 0 bridgehead atoms. The molecule has 32 heavy (non-hydrogen) atoms. The van der Waals surface area contributed by atoms with Gasteiger partial charge in [-0.05, 0) is 41.8 Å². The molecule has 0 aromatic heterocycles. The highest BCUT2D eigenvalue weighted by atomic mass is 31.2. The molecule has 2 aromatic carbocycles. The average molecular weight is 465 g/mol. The summed E-state index contributed by atoms with van der Waals surface area (Å²) in [4.78, 5) is 29.8. The molecule has 0 aliphatic rings. The lowest BCUT2D eigenvalue weighted by Gasteiger charge is -2.16.